The highest BCUT2D eigenvalue weighted by Crippen LogP contribution is 2.54. The van der Waals surface area contributed by atoms with Crippen LogP contribution in [0.1, 0.15) is 23.7 Å². The van der Waals surface area contributed by atoms with Crippen molar-refractivity contribution in [3.8, 4) is 5.75 Å². The smallest absolute Gasteiger partial charge is 0.319 e. The molecule has 1 aromatic carbocycles. The highest BCUT2D eigenvalue weighted by Gasteiger charge is 2.65. The SMILES string of the molecule is CCN1C(=O)C2(c3ccccc31)c1c(cc(C)n(C)c1=O)OC(=N)C2C(=O)OC. The molecule has 1 N–H and O–H groups in total. The van der Waals surface area contributed by atoms with Crippen LogP contribution in [0.25, 0.3) is 0 Å². The van der Waals surface area contributed by atoms with E-state index in [-0.39, 0.29) is 11.3 Å². The average Bonchev–Trinajstić information content (AvgIpc) is 2.94. The van der Waals surface area contributed by atoms with Crippen molar-refractivity contribution in [1.82, 2.24) is 4.57 Å². The van der Waals surface area contributed by atoms with Crippen molar-refractivity contribution in [1.29, 1.82) is 5.41 Å². The normalized spacial score (nSPS) is 22.3. The fourth-order valence-corrected chi connectivity index (χ4v) is 4.47. The van der Waals surface area contributed by atoms with Crippen LogP contribution < -0.4 is 15.2 Å². The summed E-state index contributed by atoms with van der Waals surface area (Å²) >= 11 is 0. The van der Waals surface area contributed by atoms with Gasteiger partial charge >= 0.3 is 5.97 Å². The monoisotopic (exact) mass is 395 g/mol. The zero-order chi connectivity index (χ0) is 21.1. The Kier molecular flexibility index (Phi) is 4.11. The minimum Gasteiger partial charge on any atom is -0.468 e. The van der Waals surface area contributed by atoms with Crippen molar-refractivity contribution in [3.63, 3.8) is 0 Å². The molecule has 8 nitrogen and oxygen atoms in total. The fourth-order valence-electron chi connectivity index (χ4n) is 4.47. The van der Waals surface area contributed by atoms with Gasteiger partial charge in [-0.15, -0.1) is 0 Å². The van der Waals surface area contributed by atoms with Crippen molar-refractivity contribution < 1.29 is 19.1 Å². The molecule has 2 aromatic rings. The van der Waals surface area contributed by atoms with E-state index in [4.69, 9.17) is 14.9 Å². The summed E-state index contributed by atoms with van der Waals surface area (Å²) in [6.45, 7) is 3.90. The van der Waals surface area contributed by atoms with Gasteiger partial charge < -0.3 is 18.9 Å². The maximum absolute atomic E-state index is 13.9. The number of carbonyl (C=O) groups excluding carboxylic acids is 2. The quantitative estimate of drug-likeness (QED) is 0.777. The molecular formula is C21H21N3O5. The van der Waals surface area contributed by atoms with E-state index in [0.29, 0.717) is 23.5 Å². The third-order valence-corrected chi connectivity index (χ3v) is 5.90. The van der Waals surface area contributed by atoms with Gasteiger partial charge in [-0.05, 0) is 25.5 Å². The number of benzene rings is 1. The number of anilines is 1. The Labute approximate surface area is 167 Å². The molecule has 0 radical (unpaired) electrons. The number of nitrogens with one attached hydrogen (secondary N) is 1. The van der Waals surface area contributed by atoms with Gasteiger partial charge in [-0.1, -0.05) is 18.2 Å². The number of ether oxygens (including phenoxy) is 2. The summed E-state index contributed by atoms with van der Waals surface area (Å²) in [5.74, 6) is -2.94. The Morgan fingerprint density at radius 3 is 2.66 bits per heavy atom. The van der Waals surface area contributed by atoms with Crippen LogP contribution >= 0.6 is 0 Å². The van der Waals surface area contributed by atoms with E-state index < -0.39 is 34.7 Å². The predicted molar refractivity (Wildman–Crippen MR) is 106 cm³/mol. The van der Waals surface area contributed by atoms with Gasteiger partial charge in [0.15, 0.2) is 5.92 Å². The maximum atomic E-state index is 13.9. The second kappa shape index (κ2) is 6.30. The van der Waals surface area contributed by atoms with Gasteiger partial charge in [0.1, 0.15) is 11.2 Å². The van der Waals surface area contributed by atoms with E-state index >= 15 is 0 Å². The first-order valence-corrected chi connectivity index (χ1v) is 9.27. The Balaban J connectivity index is 2.22. The lowest BCUT2D eigenvalue weighted by atomic mass is 9.64. The number of rotatable bonds is 2. The molecule has 3 heterocycles. The minimum absolute atomic E-state index is 0.0606. The first kappa shape index (κ1) is 18.9. The molecule has 150 valence electrons. The molecule has 1 spiro atoms. The minimum atomic E-state index is -1.72. The molecule has 0 saturated heterocycles. The largest absolute Gasteiger partial charge is 0.468 e. The number of hydrogen-bond acceptors (Lipinski definition) is 6. The van der Waals surface area contributed by atoms with Gasteiger partial charge in [-0.2, -0.15) is 0 Å². The van der Waals surface area contributed by atoms with Crippen LogP contribution in [0, 0.1) is 18.3 Å². The molecule has 4 rings (SSSR count). The highest BCUT2D eigenvalue weighted by atomic mass is 16.5. The molecule has 2 unspecified atom stereocenters. The molecule has 1 amide bonds. The second-order valence-corrected chi connectivity index (χ2v) is 7.19. The van der Waals surface area contributed by atoms with Crippen molar-refractivity contribution in [3.05, 3.63) is 57.5 Å². The van der Waals surface area contributed by atoms with Gasteiger partial charge in [0, 0.05) is 31.0 Å². The van der Waals surface area contributed by atoms with Crippen molar-refractivity contribution in [2.45, 2.75) is 19.3 Å². The van der Waals surface area contributed by atoms with Crippen LogP contribution in [0.2, 0.25) is 0 Å². The Morgan fingerprint density at radius 1 is 1.31 bits per heavy atom. The van der Waals surface area contributed by atoms with Crippen molar-refractivity contribution >= 4 is 23.5 Å². The highest BCUT2D eigenvalue weighted by molar-refractivity contribution is 6.18. The average molecular weight is 395 g/mol. The zero-order valence-corrected chi connectivity index (χ0v) is 16.6. The lowest BCUT2D eigenvalue weighted by Gasteiger charge is -2.39. The van der Waals surface area contributed by atoms with Gasteiger partial charge in [0.2, 0.25) is 11.8 Å². The zero-order valence-electron chi connectivity index (χ0n) is 16.6. The van der Waals surface area contributed by atoms with E-state index in [2.05, 4.69) is 0 Å². The number of fused-ring (bicyclic) bond motifs is 4. The van der Waals surface area contributed by atoms with Gasteiger partial charge in [-0.3, -0.25) is 19.8 Å². The van der Waals surface area contributed by atoms with Crippen LogP contribution in [-0.2, 0) is 26.8 Å². The summed E-state index contributed by atoms with van der Waals surface area (Å²) < 4.78 is 12.0. The number of para-hydroxylation sites is 1. The Morgan fingerprint density at radius 2 is 2.00 bits per heavy atom. The number of hydrogen-bond donors (Lipinski definition) is 1. The summed E-state index contributed by atoms with van der Waals surface area (Å²) in [6.07, 6.45) is 0. The number of aryl methyl sites for hydroxylation is 1. The topological polar surface area (TPSA) is 102 Å². The molecule has 8 heteroatoms. The summed E-state index contributed by atoms with van der Waals surface area (Å²) in [4.78, 5) is 41.6. The van der Waals surface area contributed by atoms with E-state index in [1.54, 1.807) is 44.3 Å². The molecule has 1 aromatic heterocycles. The lowest BCUT2D eigenvalue weighted by molar-refractivity contribution is -0.147. The summed E-state index contributed by atoms with van der Waals surface area (Å²) in [6, 6.07) is 8.65. The summed E-state index contributed by atoms with van der Waals surface area (Å²) in [5.41, 5.74) is -0.380. The summed E-state index contributed by atoms with van der Waals surface area (Å²) in [7, 11) is 2.79. The molecule has 0 aliphatic carbocycles. The number of nitrogens with zero attached hydrogens (tertiary/aromatic N) is 2. The number of esters is 1. The van der Waals surface area contributed by atoms with Gasteiger partial charge in [0.25, 0.3) is 5.56 Å². The first-order chi connectivity index (χ1) is 13.8. The van der Waals surface area contributed by atoms with Crippen molar-refractivity contribution in [2.24, 2.45) is 13.0 Å². The number of aromatic nitrogens is 1. The first-order valence-electron chi connectivity index (χ1n) is 9.27. The standard InChI is InChI=1S/C21H21N3O5/c1-5-24-13-9-7-6-8-12(13)21(20(24)27)15-14(10-11(2)23(3)18(15)25)29-17(22)16(21)19(26)28-4/h6-10,16,22H,5H2,1-4H3. The maximum Gasteiger partial charge on any atom is 0.319 e. The fraction of sp³-hybridized carbons (Fsp3) is 0.333. The van der Waals surface area contributed by atoms with Crippen LogP contribution in [-0.4, -0.2) is 36.0 Å². The van der Waals surface area contributed by atoms with E-state index in [0.717, 1.165) is 0 Å². The van der Waals surface area contributed by atoms with Crippen LogP contribution in [0.4, 0.5) is 5.69 Å². The number of carbonyl (C=O) groups is 2. The third-order valence-electron chi connectivity index (χ3n) is 5.90. The molecule has 0 fully saturated rings. The van der Waals surface area contributed by atoms with Gasteiger partial charge in [0.05, 0.1) is 12.7 Å². The third kappa shape index (κ3) is 2.19. The Hall–Kier alpha value is -3.42. The Bertz CT molecular complexity index is 1140. The molecule has 2 atom stereocenters. The lowest BCUT2D eigenvalue weighted by Crippen LogP contribution is -2.58. The number of amides is 1. The second-order valence-electron chi connectivity index (χ2n) is 7.19. The molecule has 2 aliphatic rings. The van der Waals surface area contributed by atoms with Crippen LogP contribution in [0.3, 0.4) is 0 Å². The van der Waals surface area contributed by atoms with Crippen LogP contribution in [0.15, 0.2) is 35.1 Å². The van der Waals surface area contributed by atoms with E-state index in [1.165, 1.54) is 16.6 Å². The van der Waals surface area contributed by atoms with Crippen LogP contribution in [0.5, 0.6) is 5.75 Å². The van der Waals surface area contributed by atoms with Gasteiger partial charge in [-0.25, -0.2) is 0 Å². The van der Waals surface area contributed by atoms with E-state index in [9.17, 15) is 14.4 Å². The number of methoxy groups -OCH3 is 1. The summed E-state index contributed by atoms with van der Waals surface area (Å²) in [5, 5.41) is 8.45. The van der Waals surface area contributed by atoms with Crippen molar-refractivity contribution in [2.75, 3.05) is 18.6 Å². The molecule has 29 heavy (non-hydrogen) atoms. The van der Waals surface area contributed by atoms with E-state index in [1.807, 2.05) is 6.92 Å². The number of likely N-dealkylation sites (N-methyl/N-ethyl adjacent to an activating group) is 1. The molecule has 0 saturated carbocycles. The molecule has 2 aliphatic heterocycles. The molecule has 0 bridgehead atoms. The number of pyridine rings is 1. The predicted octanol–water partition coefficient (Wildman–Crippen LogP) is 1.51. The molecular weight excluding hydrogens is 374 g/mol.